The first-order chi connectivity index (χ1) is 22.5. The van der Waals surface area contributed by atoms with E-state index in [9.17, 15) is 27.9 Å². The Balaban J connectivity index is 1.35. The number of hydrogen-bond acceptors (Lipinski definition) is 15. The van der Waals surface area contributed by atoms with Crippen LogP contribution in [0.5, 0.6) is 5.75 Å². The standard InChI is InChI=1S/C28H36N8O10S2/c1-27(2)21(24(38)36(27)46-48(41,42)43)34-23(37)20(17-13-47-26(30)33-17)35-45-28(3,25(39)40)19-7-5-14-12-15(4-6-18(14)44-19)22-31-11-9-16(32-22)8-10-29/h4,6,12-13,16,19,21H,5,7-11,29H2,1-3H3,(H2,30,33)(H,31,32)(H,34,37)(H,39,40)(H,41,42,43)/b35-20-/t16?,19-,21-,28+/m1/s1. The lowest BCUT2D eigenvalue weighted by molar-refractivity contribution is -0.218. The third kappa shape index (κ3) is 7.06. The molecule has 0 aliphatic carbocycles. The topological polar surface area (TPSA) is 270 Å². The molecule has 1 unspecified atom stereocenters. The SMILES string of the molecule is CC1(C)[C@H](NC(=O)/C(=N\O[C@](C)(C(=O)O)[C@H]2CCc3cc(C4=NCCC(CCN)N4)ccc3O2)c2csc(N)n2)C(=O)N1OS(=O)(=O)O. The first kappa shape index (κ1) is 35.0. The fourth-order valence-corrected chi connectivity index (χ4v) is 6.56. The van der Waals surface area contributed by atoms with E-state index in [0.717, 1.165) is 41.1 Å². The number of aliphatic carboxylic acids is 1. The molecule has 3 aliphatic rings. The minimum absolute atomic E-state index is 0.0650. The maximum absolute atomic E-state index is 13.5. The van der Waals surface area contributed by atoms with Crippen LogP contribution in [0.3, 0.4) is 0 Å². The van der Waals surface area contributed by atoms with Crippen molar-refractivity contribution >= 4 is 56.2 Å². The zero-order valence-electron chi connectivity index (χ0n) is 26.2. The van der Waals surface area contributed by atoms with Gasteiger partial charge in [-0.1, -0.05) is 5.16 Å². The van der Waals surface area contributed by atoms with Crippen molar-refractivity contribution in [1.29, 1.82) is 0 Å². The highest BCUT2D eigenvalue weighted by atomic mass is 32.3. The van der Waals surface area contributed by atoms with Crippen molar-refractivity contribution in [2.24, 2.45) is 15.9 Å². The molecule has 3 aliphatic heterocycles. The molecule has 8 N–H and O–H groups in total. The van der Waals surface area contributed by atoms with Gasteiger partial charge in [-0.15, -0.1) is 15.6 Å². The summed E-state index contributed by atoms with van der Waals surface area (Å²) in [5, 5.41) is 21.9. The number of rotatable bonds is 12. The number of hydroxylamine groups is 2. The Morgan fingerprint density at radius 2 is 2.08 bits per heavy atom. The van der Waals surface area contributed by atoms with Gasteiger partial charge in [-0.25, -0.2) is 9.78 Å². The van der Waals surface area contributed by atoms with E-state index in [0.29, 0.717) is 30.3 Å². The molecule has 0 bridgehead atoms. The second-order valence-electron chi connectivity index (χ2n) is 12.1. The van der Waals surface area contributed by atoms with Gasteiger partial charge in [-0.05, 0) is 76.8 Å². The van der Waals surface area contributed by atoms with Gasteiger partial charge in [-0.2, -0.15) is 13.5 Å². The second-order valence-corrected chi connectivity index (χ2v) is 14.0. The number of fused-ring (bicyclic) bond motifs is 1. The zero-order valence-corrected chi connectivity index (χ0v) is 27.8. The predicted octanol–water partition coefficient (Wildman–Crippen LogP) is -0.0196. The maximum Gasteiger partial charge on any atom is 0.418 e. The smallest absolute Gasteiger partial charge is 0.418 e. The molecule has 4 atom stereocenters. The maximum atomic E-state index is 13.5. The highest BCUT2D eigenvalue weighted by Crippen LogP contribution is 2.35. The van der Waals surface area contributed by atoms with Crippen molar-refractivity contribution in [2.75, 3.05) is 18.8 Å². The quantitative estimate of drug-likeness (QED) is 0.0732. The summed E-state index contributed by atoms with van der Waals surface area (Å²) in [5.41, 5.74) is 9.09. The summed E-state index contributed by atoms with van der Waals surface area (Å²) >= 11 is 0.971. The Hall–Kier alpha value is -4.37. The Bertz CT molecular complexity index is 1780. The summed E-state index contributed by atoms with van der Waals surface area (Å²) in [4.78, 5) is 52.9. The number of β-lactam (4-membered cyclic amide) rings is 1. The molecule has 0 spiro atoms. The lowest BCUT2D eigenvalue weighted by Crippen LogP contribution is -2.76. The molecule has 18 nitrogen and oxygen atoms in total. The normalized spacial score (nSPS) is 23.4. The highest BCUT2D eigenvalue weighted by Gasteiger charge is 2.58. The third-order valence-electron chi connectivity index (χ3n) is 8.35. The number of hydrogen-bond donors (Lipinski definition) is 6. The van der Waals surface area contributed by atoms with E-state index < -0.39 is 57.2 Å². The van der Waals surface area contributed by atoms with Crippen LogP contribution in [0.15, 0.2) is 33.7 Å². The average molecular weight is 709 g/mol. The molecule has 0 saturated carbocycles. The van der Waals surface area contributed by atoms with Crippen LogP contribution in [0.2, 0.25) is 0 Å². The second kappa shape index (κ2) is 13.3. The molecule has 1 aromatic carbocycles. The molecule has 5 rings (SSSR count). The Labute approximate surface area is 279 Å². The van der Waals surface area contributed by atoms with Gasteiger partial charge in [0.25, 0.3) is 17.4 Å². The van der Waals surface area contributed by atoms with Gasteiger partial charge < -0.3 is 36.8 Å². The number of nitrogens with one attached hydrogen (secondary N) is 2. The van der Waals surface area contributed by atoms with Crippen molar-refractivity contribution in [1.82, 2.24) is 20.7 Å². The molecule has 48 heavy (non-hydrogen) atoms. The van der Waals surface area contributed by atoms with Crippen LogP contribution in [0.4, 0.5) is 5.13 Å². The molecule has 2 amide bonds. The van der Waals surface area contributed by atoms with E-state index >= 15 is 0 Å². The lowest BCUT2D eigenvalue weighted by Gasteiger charge is -2.50. The third-order valence-corrected chi connectivity index (χ3v) is 9.36. The van der Waals surface area contributed by atoms with E-state index in [-0.39, 0.29) is 23.3 Å². The molecule has 260 valence electrons. The predicted molar refractivity (Wildman–Crippen MR) is 171 cm³/mol. The van der Waals surface area contributed by atoms with Gasteiger partial charge in [0.2, 0.25) is 0 Å². The summed E-state index contributed by atoms with van der Waals surface area (Å²) in [6.45, 7) is 5.25. The molecule has 4 heterocycles. The van der Waals surface area contributed by atoms with E-state index in [1.54, 1.807) is 6.07 Å². The minimum Gasteiger partial charge on any atom is -0.485 e. The van der Waals surface area contributed by atoms with Gasteiger partial charge in [0.15, 0.2) is 16.9 Å². The van der Waals surface area contributed by atoms with Crippen molar-refractivity contribution in [3.05, 3.63) is 40.4 Å². The number of benzene rings is 1. The summed E-state index contributed by atoms with van der Waals surface area (Å²) < 4.78 is 41.8. The number of amidine groups is 1. The minimum atomic E-state index is -5.02. The molecular weight excluding hydrogens is 672 g/mol. The highest BCUT2D eigenvalue weighted by molar-refractivity contribution is 7.80. The van der Waals surface area contributed by atoms with Crippen molar-refractivity contribution < 1.29 is 46.3 Å². The van der Waals surface area contributed by atoms with Crippen LogP contribution in [0, 0.1) is 0 Å². The Morgan fingerprint density at radius 3 is 2.71 bits per heavy atom. The summed E-state index contributed by atoms with van der Waals surface area (Å²) in [7, 11) is -5.02. The first-order valence-corrected chi connectivity index (χ1v) is 17.1. The van der Waals surface area contributed by atoms with Gasteiger partial charge >= 0.3 is 16.4 Å². The molecule has 0 radical (unpaired) electrons. The van der Waals surface area contributed by atoms with Gasteiger partial charge in [-0.3, -0.25) is 19.1 Å². The molecule has 1 saturated heterocycles. The zero-order chi connectivity index (χ0) is 35.0. The van der Waals surface area contributed by atoms with Crippen molar-refractivity contribution in [2.45, 2.75) is 75.8 Å². The molecular formula is C28H36N8O10S2. The number of oxime groups is 1. The average Bonchev–Trinajstić information content (AvgIpc) is 3.47. The van der Waals surface area contributed by atoms with Crippen LogP contribution in [0.25, 0.3) is 0 Å². The Morgan fingerprint density at radius 1 is 1.33 bits per heavy atom. The molecule has 1 aromatic heterocycles. The van der Waals surface area contributed by atoms with E-state index in [2.05, 4.69) is 30.0 Å². The lowest BCUT2D eigenvalue weighted by atomic mass is 9.84. The number of carbonyl (C=O) groups excluding carboxylic acids is 2. The fourth-order valence-electron chi connectivity index (χ4n) is 5.56. The number of aromatic nitrogens is 1. The number of anilines is 1. The van der Waals surface area contributed by atoms with Gasteiger partial charge in [0, 0.05) is 23.5 Å². The fraction of sp³-hybridized carbons (Fsp3) is 0.500. The van der Waals surface area contributed by atoms with E-state index in [1.807, 2.05) is 12.1 Å². The van der Waals surface area contributed by atoms with Crippen LogP contribution < -0.4 is 26.8 Å². The largest absolute Gasteiger partial charge is 0.485 e. The van der Waals surface area contributed by atoms with E-state index in [1.165, 1.54) is 26.2 Å². The monoisotopic (exact) mass is 708 g/mol. The number of carbonyl (C=O) groups is 3. The van der Waals surface area contributed by atoms with E-state index in [4.69, 9.17) is 25.6 Å². The van der Waals surface area contributed by atoms with Crippen molar-refractivity contribution in [3.63, 3.8) is 0 Å². The molecule has 20 heteroatoms. The number of aliphatic imine (C=N–C) groups is 1. The van der Waals surface area contributed by atoms with Crippen LogP contribution in [-0.4, -0.2) is 99.9 Å². The van der Waals surface area contributed by atoms with Crippen LogP contribution in [0.1, 0.15) is 56.9 Å². The number of carboxylic acid groups (broad SMARTS) is 1. The first-order valence-electron chi connectivity index (χ1n) is 14.9. The van der Waals surface area contributed by atoms with Gasteiger partial charge in [0.1, 0.15) is 23.3 Å². The molecule has 1 fully saturated rings. The van der Waals surface area contributed by atoms with Gasteiger partial charge in [0.05, 0.1) is 5.54 Å². The number of thiazole rings is 1. The summed E-state index contributed by atoms with van der Waals surface area (Å²) in [5.74, 6) is -2.21. The summed E-state index contributed by atoms with van der Waals surface area (Å²) in [6.07, 6.45) is 1.35. The number of ether oxygens (including phenoxy) is 1. The number of nitrogen functional groups attached to an aromatic ring is 1. The summed E-state index contributed by atoms with van der Waals surface area (Å²) in [6, 6.07) is 4.41. The number of aryl methyl sites for hydroxylation is 1. The van der Waals surface area contributed by atoms with Crippen LogP contribution >= 0.6 is 11.3 Å². The number of carboxylic acids is 1. The Kier molecular flexibility index (Phi) is 9.66. The number of nitrogens with two attached hydrogens (primary N) is 2. The number of amides is 2. The molecule has 2 aromatic rings. The van der Waals surface area contributed by atoms with Crippen molar-refractivity contribution in [3.8, 4) is 5.75 Å². The van der Waals surface area contributed by atoms with Crippen LogP contribution in [-0.2, 0) is 40.3 Å². The number of nitrogens with zero attached hydrogens (tertiary/aromatic N) is 4.